The van der Waals surface area contributed by atoms with Crippen LogP contribution in [-0.4, -0.2) is 11.5 Å². The quantitative estimate of drug-likeness (QED) is 0.745. The van der Waals surface area contributed by atoms with Crippen molar-refractivity contribution in [2.75, 3.05) is 6.54 Å². The fraction of sp³-hybridized carbons (Fsp3) is 0.545. The summed E-state index contributed by atoms with van der Waals surface area (Å²) in [7, 11) is 0. The maximum absolute atomic E-state index is 5.57. The van der Waals surface area contributed by atoms with Gasteiger partial charge in [-0.2, -0.15) is 0 Å². The Kier molecular flexibility index (Phi) is 2.32. The summed E-state index contributed by atoms with van der Waals surface area (Å²) < 4.78 is 0. The summed E-state index contributed by atoms with van der Waals surface area (Å²) in [6.07, 6.45) is 3.49. The normalized spacial score (nSPS) is 20.3. The summed E-state index contributed by atoms with van der Waals surface area (Å²) in [5.74, 6) is 0.674. The zero-order valence-electron chi connectivity index (χ0n) is 8.09. The molecule has 0 amide bonds. The van der Waals surface area contributed by atoms with Gasteiger partial charge in [0.15, 0.2) is 0 Å². The summed E-state index contributed by atoms with van der Waals surface area (Å²) >= 11 is 0. The number of nitrogens with two attached hydrogens (primary N) is 1. The molecule has 1 aliphatic carbocycles. The van der Waals surface area contributed by atoms with E-state index in [2.05, 4.69) is 24.0 Å². The van der Waals surface area contributed by atoms with E-state index in [4.69, 9.17) is 5.73 Å². The first kappa shape index (κ1) is 8.70. The topological polar surface area (TPSA) is 38.9 Å². The van der Waals surface area contributed by atoms with Crippen LogP contribution in [0.2, 0.25) is 0 Å². The van der Waals surface area contributed by atoms with Crippen molar-refractivity contribution >= 4 is 0 Å². The molecule has 0 fully saturated rings. The Bertz CT molecular complexity index is 307. The van der Waals surface area contributed by atoms with Gasteiger partial charge in [-0.1, -0.05) is 6.07 Å². The SMILES string of the molecule is Cc1ccc2c(n1)CCC2CCN. The highest BCUT2D eigenvalue weighted by molar-refractivity contribution is 5.30. The molecule has 13 heavy (non-hydrogen) atoms. The van der Waals surface area contributed by atoms with E-state index in [0.717, 1.165) is 25.1 Å². The number of hydrogen-bond acceptors (Lipinski definition) is 2. The van der Waals surface area contributed by atoms with Gasteiger partial charge in [-0.05, 0) is 50.3 Å². The van der Waals surface area contributed by atoms with Crippen LogP contribution >= 0.6 is 0 Å². The molecule has 0 radical (unpaired) electrons. The Morgan fingerprint density at radius 1 is 1.54 bits per heavy atom. The van der Waals surface area contributed by atoms with E-state index < -0.39 is 0 Å². The summed E-state index contributed by atoms with van der Waals surface area (Å²) in [4.78, 5) is 4.55. The first-order valence-electron chi connectivity index (χ1n) is 4.97. The van der Waals surface area contributed by atoms with Crippen molar-refractivity contribution < 1.29 is 0 Å². The van der Waals surface area contributed by atoms with Crippen molar-refractivity contribution in [3.63, 3.8) is 0 Å². The minimum Gasteiger partial charge on any atom is -0.330 e. The molecule has 0 saturated heterocycles. The smallest absolute Gasteiger partial charge is 0.0441 e. The second kappa shape index (κ2) is 3.46. The van der Waals surface area contributed by atoms with E-state index in [1.807, 2.05) is 0 Å². The zero-order chi connectivity index (χ0) is 9.26. The highest BCUT2D eigenvalue weighted by Gasteiger charge is 2.22. The summed E-state index contributed by atoms with van der Waals surface area (Å²) in [5, 5.41) is 0. The first-order chi connectivity index (χ1) is 6.31. The molecule has 0 aromatic carbocycles. The molecule has 2 nitrogen and oxygen atoms in total. The van der Waals surface area contributed by atoms with Gasteiger partial charge in [0.2, 0.25) is 0 Å². The second-order valence-corrected chi connectivity index (χ2v) is 3.80. The lowest BCUT2D eigenvalue weighted by molar-refractivity contribution is 0.627. The summed E-state index contributed by atoms with van der Waals surface area (Å²) in [6.45, 7) is 2.84. The lowest BCUT2D eigenvalue weighted by atomic mass is 9.99. The molecule has 0 bridgehead atoms. The van der Waals surface area contributed by atoms with Gasteiger partial charge in [0.05, 0.1) is 0 Å². The fourth-order valence-corrected chi connectivity index (χ4v) is 2.16. The second-order valence-electron chi connectivity index (χ2n) is 3.80. The molecule has 1 atom stereocenters. The van der Waals surface area contributed by atoms with Crippen LogP contribution in [0.25, 0.3) is 0 Å². The van der Waals surface area contributed by atoms with Crippen molar-refractivity contribution in [3.05, 3.63) is 29.1 Å². The van der Waals surface area contributed by atoms with Gasteiger partial charge in [-0.25, -0.2) is 0 Å². The van der Waals surface area contributed by atoms with E-state index in [-0.39, 0.29) is 0 Å². The van der Waals surface area contributed by atoms with E-state index in [9.17, 15) is 0 Å². The molecule has 0 aliphatic heterocycles. The summed E-state index contributed by atoms with van der Waals surface area (Å²) in [6, 6.07) is 4.33. The highest BCUT2D eigenvalue weighted by Crippen LogP contribution is 2.33. The van der Waals surface area contributed by atoms with Crippen LogP contribution in [0, 0.1) is 6.92 Å². The lowest BCUT2D eigenvalue weighted by Gasteiger charge is -2.08. The first-order valence-corrected chi connectivity index (χ1v) is 4.97. The van der Waals surface area contributed by atoms with Gasteiger partial charge < -0.3 is 5.73 Å². The molecule has 1 heterocycles. The zero-order valence-corrected chi connectivity index (χ0v) is 8.09. The number of aromatic nitrogens is 1. The Hall–Kier alpha value is -0.890. The van der Waals surface area contributed by atoms with Crippen molar-refractivity contribution in [1.29, 1.82) is 0 Å². The van der Waals surface area contributed by atoms with E-state index >= 15 is 0 Å². The minimum atomic E-state index is 0.674. The molecule has 0 saturated carbocycles. The lowest BCUT2D eigenvalue weighted by Crippen LogP contribution is -2.04. The third-order valence-electron chi connectivity index (χ3n) is 2.83. The van der Waals surface area contributed by atoms with Crippen LogP contribution in [0.5, 0.6) is 0 Å². The van der Waals surface area contributed by atoms with E-state index in [1.165, 1.54) is 17.7 Å². The van der Waals surface area contributed by atoms with Crippen molar-refractivity contribution in [2.45, 2.75) is 32.1 Å². The van der Waals surface area contributed by atoms with Gasteiger partial charge in [-0.15, -0.1) is 0 Å². The van der Waals surface area contributed by atoms with Crippen LogP contribution in [-0.2, 0) is 6.42 Å². The number of rotatable bonds is 2. The number of hydrogen-bond donors (Lipinski definition) is 1. The van der Waals surface area contributed by atoms with Crippen molar-refractivity contribution in [1.82, 2.24) is 4.98 Å². The van der Waals surface area contributed by atoms with Crippen LogP contribution < -0.4 is 5.73 Å². The standard InChI is InChI=1S/C11H16N2/c1-8-2-4-10-9(6-7-12)3-5-11(10)13-8/h2,4,9H,3,5-7,12H2,1H3. The third-order valence-corrected chi connectivity index (χ3v) is 2.83. The predicted octanol–water partition coefficient (Wildman–Crippen LogP) is 1.77. The van der Waals surface area contributed by atoms with E-state index in [0.29, 0.717) is 5.92 Å². The molecule has 2 heteroatoms. The molecule has 1 aromatic rings. The van der Waals surface area contributed by atoms with Crippen LogP contribution in [0.1, 0.15) is 35.7 Å². The van der Waals surface area contributed by atoms with E-state index in [1.54, 1.807) is 0 Å². The fourth-order valence-electron chi connectivity index (χ4n) is 2.16. The molecule has 1 aromatic heterocycles. The Labute approximate surface area is 79.2 Å². The molecule has 2 rings (SSSR count). The van der Waals surface area contributed by atoms with Gasteiger partial charge in [0.1, 0.15) is 0 Å². The van der Waals surface area contributed by atoms with Crippen LogP contribution in [0.4, 0.5) is 0 Å². The average Bonchev–Trinajstić information content (AvgIpc) is 2.49. The molecular weight excluding hydrogens is 160 g/mol. The Morgan fingerprint density at radius 3 is 3.15 bits per heavy atom. The molecular formula is C11H16N2. The van der Waals surface area contributed by atoms with Crippen LogP contribution in [0.15, 0.2) is 12.1 Å². The Morgan fingerprint density at radius 2 is 2.38 bits per heavy atom. The molecule has 2 N–H and O–H groups in total. The molecule has 1 unspecified atom stereocenters. The monoisotopic (exact) mass is 176 g/mol. The third kappa shape index (κ3) is 1.59. The molecule has 1 aliphatic rings. The maximum Gasteiger partial charge on any atom is 0.0441 e. The molecule has 70 valence electrons. The van der Waals surface area contributed by atoms with Gasteiger partial charge in [0.25, 0.3) is 0 Å². The van der Waals surface area contributed by atoms with Crippen molar-refractivity contribution in [3.8, 4) is 0 Å². The number of nitrogens with zero attached hydrogens (tertiary/aromatic N) is 1. The number of aryl methyl sites for hydroxylation is 2. The predicted molar refractivity (Wildman–Crippen MR) is 53.7 cm³/mol. The average molecular weight is 176 g/mol. The van der Waals surface area contributed by atoms with Crippen molar-refractivity contribution in [2.24, 2.45) is 5.73 Å². The largest absolute Gasteiger partial charge is 0.330 e. The van der Waals surface area contributed by atoms with Gasteiger partial charge in [0, 0.05) is 11.4 Å². The highest BCUT2D eigenvalue weighted by atomic mass is 14.7. The van der Waals surface area contributed by atoms with Gasteiger partial charge >= 0.3 is 0 Å². The number of fused-ring (bicyclic) bond motifs is 1. The van der Waals surface area contributed by atoms with Crippen LogP contribution in [0.3, 0.4) is 0 Å². The maximum atomic E-state index is 5.57. The molecule has 0 spiro atoms. The minimum absolute atomic E-state index is 0.674. The Balaban J connectivity index is 2.27. The number of pyridine rings is 1. The summed E-state index contributed by atoms with van der Waals surface area (Å²) in [5.41, 5.74) is 9.45. The van der Waals surface area contributed by atoms with Gasteiger partial charge in [-0.3, -0.25) is 4.98 Å².